The molecule has 0 aliphatic carbocycles. The van der Waals surface area contributed by atoms with Crippen LogP contribution in [0.1, 0.15) is 25.5 Å². The van der Waals surface area contributed by atoms with E-state index in [9.17, 15) is 0 Å². The molecule has 0 atom stereocenters. The van der Waals surface area contributed by atoms with Gasteiger partial charge in [0.05, 0.1) is 17.7 Å². The van der Waals surface area contributed by atoms with E-state index in [1.54, 1.807) is 18.1 Å². The summed E-state index contributed by atoms with van der Waals surface area (Å²) in [7, 11) is 0. The number of imidazole rings is 1. The lowest BCUT2D eigenvalue weighted by Crippen LogP contribution is -1.91. The van der Waals surface area contributed by atoms with Crippen molar-refractivity contribution in [2.75, 3.05) is 6.26 Å². The summed E-state index contributed by atoms with van der Waals surface area (Å²) < 4.78 is 0. The summed E-state index contributed by atoms with van der Waals surface area (Å²) in [4.78, 5) is 8.88. The SMILES string of the molecule is CSc1ccc(-c2[nH]cnc2C(C)C)cc1. The molecule has 1 aromatic carbocycles. The fourth-order valence-electron chi connectivity index (χ4n) is 1.73. The van der Waals surface area contributed by atoms with Crippen molar-refractivity contribution in [1.82, 2.24) is 9.97 Å². The molecule has 0 fully saturated rings. The van der Waals surface area contributed by atoms with Crippen molar-refractivity contribution in [2.45, 2.75) is 24.7 Å². The Bertz CT molecular complexity index is 457. The number of rotatable bonds is 3. The van der Waals surface area contributed by atoms with Gasteiger partial charge in [0.25, 0.3) is 0 Å². The Kier molecular flexibility index (Phi) is 3.34. The lowest BCUT2D eigenvalue weighted by Gasteiger charge is -2.06. The topological polar surface area (TPSA) is 28.7 Å². The van der Waals surface area contributed by atoms with Crippen LogP contribution in [0.25, 0.3) is 11.3 Å². The maximum atomic E-state index is 4.37. The van der Waals surface area contributed by atoms with Gasteiger partial charge >= 0.3 is 0 Å². The van der Waals surface area contributed by atoms with E-state index < -0.39 is 0 Å². The maximum Gasteiger partial charge on any atom is 0.0928 e. The van der Waals surface area contributed by atoms with Gasteiger partial charge in [-0.15, -0.1) is 11.8 Å². The number of thioether (sulfide) groups is 1. The average molecular weight is 232 g/mol. The monoisotopic (exact) mass is 232 g/mol. The average Bonchev–Trinajstić information content (AvgIpc) is 2.78. The highest BCUT2D eigenvalue weighted by atomic mass is 32.2. The number of nitrogens with one attached hydrogen (secondary N) is 1. The van der Waals surface area contributed by atoms with Crippen LogP contribution in [-0.2, 0) is 0 Å². The number of nitrogens with zero attached hydrogens (tertiary/aromatic N) is 1. The molecule has 0 aliphatic rings. The third kappa shape index (κ3) is 2.14. The molecule has 0 saturated carbocycles. The van der Waals surface area contributed by atoms with Crippen molar-refractivity contribution in [3.63, 3.8) is 0 Å². The van der Waals surface area contributed by atoms with Gasteiger partial charge in [-0.3, -0.25) is 0 Å². The quantitative estimate of drug-likeness (QED) is 0.812. The first-order valence-corrected chi connectivity index (χ1v) is 6.62. The molecule has 1 heterocycles. The molecule has 16 heavy (non-hydrogen) atoms. The molecule has 0 unspecified atom stereocenters. The molecule has 2 aromatic rings. The number of aromatic nitrogens is 2. The van der Waals surface area contributed by atoms with E-state index in [1.807, 2.05) is 0 Å². The Hall–Kier alpha value is -1.22. The highest BCUT2D eigenvalue weighted by Gasteiger charge is 2.10. The molecular weight excluding hydrogens is 216 g/mol. The molecule has 0 spiro atoms. The number of benzene rings is 1. The van der Waals surface area contributed by atoms with Crippen molar-refractivity contribution < 1.29 is 0 Å². The standard InChI is InChI=1S/C13H16N2S/c1-9(2)12-13(15-8-14-12)10-4-6-11(16-3)7-5-10/h4-9H,1-3H3,(H,14,15). The van der Waals surface area contributed by atoms with Gasteiger partial charge in [0.1, 0.15) is 0 Å². The third-order valence-corrected chi connectivity index (χ3v) is 3.34. The van der Waals surface area contributed by atoms with Crippen molar-refractivity contribution in [3.05, 3.63) is 36.3 Å². The molecule has 2 nitrogen and oxygen atoms in total. The van der Waals surface area contributed by atoms with Gasteiger partial charge in [-0.1, -0.05) is 26.0 Å². The zero-order chi connectivity index (χ0) is 11.5. The molecule has 2 rings (SSSR count). The first-order chi connectivity index (χ1) is 7.72. The van der Waals surface area contributed by atoms with E-state index in [2.05, 4.69) is 54.3 Å². The van der Waals surface area contributed by atoms with Crippen molar-refractivity contribution in [1.29, 1.82) is 0 Å². The molecule has 84 valence electrons. The lowest BCUT2D eigenvalue weighted by atomic mass is 10.0. The molecule has 0 amide bonds. The van der Waals surface area contributed by atoms with Gasteiger partial charge in [-0.25, -0.2) is 4.98 Å². The minimum atomic E-state index is 0.446. The Morgan fingerprint density at radius 1 is 1.19 bits per heavy atom. The predicted octanol–water partition coefficient (Wildman–Crippen LogP) is 3.92. The second-order valence-corrected chi connectivity index (χ2v) is 4.93. The van der Waals surface area contributed by atoms with Gasteiger partial charge in [0, 0.05) is 4.90 Å². The van der Waals surface area contributed by atoms with Crippen molar-refractivity contribution >= 4 is 11.8 Å². The minimum Gasteiger partial charge on any atom is -0.344 e. The first kappa shape index (κ1) is 11.3. The van der Waals surface area contributed by atoms with Crippen LogP contribution in [0.15, 0.2) is 35.5 Å². The van der Waals surface area contributed by atoms with Crippen LogP contribution < -0.4 is 0 Å². The molecule has 0 saturated heterocycles. The summed E-state index contributed by atoms with van der Waals surface area (Å²) in [5.74, 6) is 0.446. The number of aromatic amines is 1. The van der Waals surface area contributed by atoms with Crippen LogP contribution >= 0.6 is 11.8 Å². The summed E-state index contributed by atoms with van der Waals surface area (Å²) in [6.07, 6.45) is 3.86. The second kappa shape index (κ2) is 4.74. The predicted molar refractivity (Wildman–Crippen MR) is 69.9 cm³/mol. The minimum absolute atomic E-state index is 0.446. The van der Waals surface area contributed by atoms with E-state index in [-0.39, 0.29) is 0 Å². The highest BCUT2D eigenvalue weighted by Crippen LogP contribution is 2.27. The van der Waals surface area contributed by atoms with Gasteiger partial charge in [-0.05, 0) is 29.9 Å². The van der Waals surface area contributed by atoms with Crippen molar-refractivity contribution in [3.8, 4) is 11.3 Å². The summed E-state index contributed by atoms with van der Waals surface area (Å²) in [6, 6.07) is 8.58. The van der Waals surface area contributed by atoms with Gasteiger partial charge in [0.2, 0.25) is 0 Å². The Balaban J connectivity index is 2.38. The van der Waals surface area contributed by atoms with Crippen LogP contribution in [0.4, 0.5) is 0 Å². The van der Waals surface area contributed by atoms with Crippen LogP contribution in [0.3, 0.4) is 0 Å². The largest absolute Gasteiger partial charge is 0.344 e. The summed E-state index contributed by atoms with van der Waals surface area (Å²) >= 11 is 1.76. The Morgan fingerprint density at radius 3 is 2.44 bits per heavy atom. The molecule has 3 heteroatoms. The van der Waals surface area contributed by atoms with Crippen LogP contribution in [-0.4, -0.2) is 16.2 Å². The van der Waals surface area contributed by atoms with E-state index in [0.29, 0.717) is 5.92 Å². The van der Waals surface area contributed by atoms with Gasteiger partial charge in [-0.2, -0.15) is 0 Å². The zero-order valence-electron chi connectivity index (χ0n) is 9.82. The molecule has 0 bridgehead atoms. The van der Waals surface area contributed by atoms with Crippen molar-refractivity contribution in [2.24, 2.45) is 0 Å². The van der Waals surface area contributed by atoms with E-state index in [4.69, 9.17) is 0 Å². The first-order valence-electron chi connectivity index (χ1n) is 5.40. The summed E-state index contributed by atoms with van der Waals surface area (Å²) in [5, 5.41) is 0. The number of H-pyrrole nitrogens is 1. The van der Waals surface area contributed by atoms with Crippen LogP contribution in [0.5, 0.6) is 0 Å². The maximum absolute atomic E-state index is 4.37. The fourth-order valence-corrected chi connectivity index (χ4v) is 2.14. The Morgan fingerprint density at radius 2 is 1.88 bits per heavy atom. The molecule has 0 aliphatic heterocycles. The van der Waals surface area contributed by atoms with E-state index >= 15 is 0 Å². The molecule has 1 aromatic heterocycles. The second-order valence-electron chi connectivity index (χ2n) is 4.05. The fraction of sp³-hybridized carbons (Fsp3) is 0.308. The van der Waals surface area contributed by atoms with Gasteiger partial charge in [0.15, 0.2) is 0 Å². The van der Waals surface area contributed by atoms with Gasteiger partial charge < -0.3 is 4.98 Å². The summed E-state index contributed by atoms with van der Waals surface area (Å²) in [6.45, 7) is 4.33. The summed E-state index contributed by atoms with van der Waals surface area (Å²) in [5.41, 5.74) is 3.48. The molecule has 0 radical (unpaired) electrons. The smallest absolute Gasteiger partial charge is 0.0928 e. The zero-order valence-corrected chi connectivity index (χ0v) is 10.6. The third-order valence-electron chi connectivity index (χ3n) is 2.59. The van der Waals surface area contributed by atoms with Crippen LogP contribution in [0, 0.1) is 0 Å². The van der Waals surface area contributed by atoms with E-state index in [0.717, 1.165) is 11.4 Å². The Labute approximate surface area is 101 Å². The highest BCUT2D eigenvalue weighted by molar-refractivity contribution is 7.98. The number of hydrogen-bond donors (Lipinski definition) is 1. The normalized spacial score (nSPS) is 11.0. The number of hydrogen-bond acceptors (Lipinski definition) is 2. The van der Waals surface area contributed by atoms with E-state index in [1.165, 1.54) is 10.5 Å². The lowest BCUT2D eigenvalue weighted by molar-refractivity contribution is 0.835. The molecular formula is C13H16N2S. The van der Waals surface area contributed by atoms with Crippen LogP contribution in [0.2, 0.25) is 0 Å². The molecule has 1 N–H and O–H groups in total.